The van der Waals surface area contributed by atoms with Gasteiger partial charge < -0.3 is 35.7 Å². The largest absolute Gasteiger partial charge is 0.439 e. The van der Waals surface area contributed by atoms with Crippen LogP contribution in [-0.4, -0.2) is 73.2 Å². The molecule has 0 saturated heterocycles. The summed E-state index contributed by atoms with van der Waals surface area (Å²) in [5, 5.41) is 16.1. The SMILES string of the molecule is COC1/C=C\C=C(/C)C(=O)NC2=CC(=O)C(NC(C)=O)=C(CC(C)CC(OC)[C@H](O)[C@@H](C)/C=C(\C)C1OC(N)=O)C2=O. The molecule has 4 unspecified atom stereocenters. The molecule has 42 heavy (non-hydrogen) atoms. The average molecular weight is 588 g/mol. The highest BCUT2D eigenvalue weighted by Gasteiger charge is 2.33. The Morgan fingerprint density at radius 2 is 1.79 bits per heavy atom. The van der Waals surface area contributed by atoms with E-state index in [9.17, 15) is 29.1 Å². The van der Waals surface area contributed by atoms with Crippen molar-refractivity contribution in [1.82, 2.24) is 10.6 Å². The number of allylic oxidation sites excluding steroid dienone is 4. The Morgan fingerprint density at radius 1 is 1.12 bits per heavy atom. The second-order valence-corrected chi connectivity index (χ2v) is 10.6. The second-order valence-electron chi connectivity index (χ2n) is 10.6. The van der Waals surface area contributed by atoms with Gasteiger partial charge in [-0.25, -0.2) is 4.79 Å². The number of carbonyl (C=O) groups is 5. The molecule has 1 aliphatic heterocycles. The topological polar surface area (TPSA) is 183 Å². The van der Waals surface area contributed by atoms with Crippen molar-refractivity contribution in [1.29, 1.82) is 0 Å². The first kappa shape index (κ1) is 34.3. The van der Waals surface area contributed by atoms with E-state index in [4.69, 9.17) is 19.9 Å². The molecule has 0 aromatic rings. The summed E-state index contributed by atoms with van der Waals surface area (Å²) in [4.78, 5) is 62.9. The van der Waals surface area contributed by atoms with Crippen LogP contribution in [0.2, 0.25) is 0 Å². The van der Waals surface area contributed by atoms with Crippen LogP contribution in [0.25, 0.3) is 0 Å². The number of amides is 3. The van der Waals surface area contributed by atoms with Crippen molar-refractivity contribution in [3.63, 3.8) is 0 Å². The normalized spacial score (nSPS) is 31.6. The van der Waals surface area contributed by atoms with Gasteiger partial charge in [-0.2, -0.15) is 0 Å². The average Bonchev–Trinajstić information content (AvgIpc) is 2.91. The maximum Gasteiger partial charge on any atom is 0.405 e. The highest BCUT2D eigenvalue weighted by atomic mass is 16.6. The zero-order chi connectivity index (χ0) is 31.7. The summed E-state index contributed by atoms with van der Waals surface area (Å²) in [6.07, 6.45) is 3.15. The van der Waals surface area contributed by atoms with Crippen molar-refractivity contribution in [2.24, 2.45) is 17.6 Å². The van der Waals surface area contributed by atoms with Gasteiger partial charge in [0.15, 0.2) is 6.10 Å². The lowest BCUT2D eigenvalue weighted by Crippen LogP contribution is -2.38. The first-order chi connectivity index (χ1) is 19.7. The Kier molecular flexibility index (Phi) is 12.6. The molecule has 2 rings (SSSR count). The van der Waals surface area contributed by atoms with Crippen LogP contribution in [0.4, 0.5) is 4.79 Å². The summed E-state index contributed by atoms with van der Waals surface area (Å²) < 4.78 is 16.5. The molecule has 0 aromatic carbocycles. The Morgan fingerprint density at radius 3 is 2.36 bits per heavy atom. The third-order valence-corrected chi connectivity index (χ3v) is 7.09. The van der Waals surface area contributed by atoms with Crippen LogP contribution in [0.3, 0.4) is 0 Å². The Balaban J connectivity index is 2.64. The van der Waals surface area contributed by atoms with E-state index in [1.54, 1.807) is 26.0 Å². The molecule has 0 spiro atoms. The number of aliphatic hydroxyl groups excluding tert-OH is 1. The van der Waals surface area contributed by atoms with Crippen molar-refractivity contribution in [2.75, 3.05) is 14.2 Å². The van der Waals surface area contributed by atoms with Crippen molar-refractivity contribution in [3.05, 3.63) is 58.5 Å². The number of primary amides is 1. The number of hydrogen-bond donors (Lipinski definition) is 4. The maximum absolute atomic E-state index is 13.5. The molecule has 1 aliphatic carbocycles. The number of ether oxygens (including phenoxy) is 3. The number of carbonyl (C=O) groups excluding carboxylic acids is 5. The lowest BCUT2D eigenvalue weighted by atomic mass is 9.85. The van der Waals surface area contributed by atoms with Gasteiger partial charge in [0.05, 0.1) is 23.6 Å². The molecule has 5 N–H and O–H groups in total. The molecule has 12 heteroatoms. The van der Waals surface area contributed by atoms with E-state index >= 15 is 0 Å². The maximum atomic E-state index is 13.5. The number of rotatable bonds is 4. The van der Waals surface area contributed by atoms with E-state index in [2.05, 4.69) is 10.6 Å². The fraction of sp³-hybridized carbons (Fsp3) is 0.500. The van der Waals surface area contributed by atoms with Crippen LogP contribution < -0.4 is 16.4 Å². The quantitative estimate of drug-likeness (QED) is 0.282. The minimum absolute atomic E-state index is 0.0439. The predicted octanol–water partition coefficient (Wildman–Crippen LogP) is 1.90. The fourth-order valence-electron chi connectivity index (χ4n) is 4.90. The zero-order valence-electron chi connectivity index (χ0n) is 25.1. The summed E-state index contributed by atoms with van der Waals surface area (Å²) in [5.41, 5.74) is 5.76. The molecule has 3 amide bonds. The van der Waals surface area contributed by atoms with Gasteiger partial charge in [0.2, 0.25) is 17.5 Å². The van der Waals surface area contributed by atoms with Crippen LogP contribution in [0, 0.1) is 11.8 Å². The van der Waals surface area contributed by atoms with Crippen LogP contribution >= 0.6 is 0 Å². The molecule has 0 saturated carbocycles. The van der Waals surface area contributed by atoms with Crippen LogP contribution in [0.1, 0.15) is 47.5 Å². The van der Waals surface area contributed by atoms with Gasteiger partial charge in [0.1, 0.15) is 6.10 Å². The summed E-state index contributed by atoms with van der Waals surface area (Å²) in [6, 6.07) is 0. The van der Waals surface area contributed by atoms with Crippen molar-refractivity contribution < 1.29 is 43.3 Å². The molecule has 0 fully saturated rings. The van der Waals surface area contributed by atoms with E-state index < -0.39 is 59.8 Å². The molecule has 1 heterocycles. The lowest BCUT2D eigenvalue weighted by Gasteiger charge is -2.30. The standard InChI is InChI=1S/C30H41N3O9/c1-15-11-20-25(32-19(5)34)22(35)14-21(27(20)37)33-29(38)16(2)9-8-10-23(40-6)28(42-30(31)39)18(4)13-17(3)26(36)24(12-15)41-7/h8-10,13-15,17,23-24,26,28,36H,11-12H2,1-7H3,(H2,31,39)(H,32,34)(H,33,38)/b10-8-,16-9+,18-13+/t15?,17-,23?,24?,26+,28?/m0/s1. The first-order valence-electron chi connectivity index (χ1n) is 13.6. The highest BCUT2D eigenvalue weighted by Crippen LogP contribution is 2.28. The highest BCUT2D eigenvalue weighted by molar-refractivity contribution is 6.24. The monoisotopic (exact) mass is 587 g/mol. The molecule has 0 aromatic heterocycles. The van der Waals surface area contributed by atoms with Crippen LogP contribution in [-0.2, 0) is 33.4 Å². The number of nitrogens with one attached hydrogen (secondary N) is 2. The van der Waals surface area contributed by atoms with Gasteiger partial charge in [0.25, 0.3) is 5.91 Å². The number of hydrogen-bond acceptors (Lipinski definition) is 9. The van der Waals surface area contributed by atoms with Gasteiger partial charge in [0, 0.05) is 44.3 Å². The number of methoxy groups -OCH3 is 2. The summed E-state index contributed by atoms with van der Waals surface area (Å²) in [6.45, 7) is 8.04. The molecule has 6 atom stereocenters. The summed E-state index contributed by atoms with van der Waals surface area (Å²) in [7, 11) is 2.87. The van der Waals surface area contributed by atoms with Gasteiger partial charge in [-0.05, 0) is 38.2 Å². The van der Waals surface area contributed by atoms with Crippen molar-refractivity contribution in [3.8, 4) is 0 Å². The van der Waals surface area contributed by atoms with Crippen molar-refractivity contribution in [2.45, 2.75) is 71.9 Å². The third-order valence-electron chi connectivity index (χ3n) is 7.09. The second kappa shape index (κ2) is 15.4. The minimum Gasteiger partial charge on any atom is -0.439 e. The molecule has 2 aliphatic rings. The smallest absolute Gasteiger partial charge is 0.405 e. The van der Waals surface area contributed by atoms with E-state index in [1.807, 2.05) is 6.92 Å². The molecule has 12 nitrogen and oxygen atoms in total. The third kappa shape index (κ3) is 9.07. The number of fused-ring (bicyclic) bond motifs is 2. The fourth-order valence-corrected chi connectivity index (χ4v) is 4.90. The Labute approximate surface area is 245 Å². The van der Waals surface area contributed by atoms with E-state index in [1.165, 1.54) is 40.2 Å². The Bertz CT molecular complexity index is 1240. The van der Waals surface area contributed by atoms with E-state index in [0.717, 1.165) is 6.08 Å². The Hall–Kier alpha value is -3.87. The van der Waals surface area contributed by atoms with E-state index in [0.29, 0.717) is 5.57 Å². The number of nitrogens with two attached hydrogens (primary N) is 1. The van der Waals surface area contributed by atoms with Gasteiger partial charge in [-0.3, -0.25) is 19.2 Å². The first-order valence-corrected chi connectivity index (χ1v) is 13.6. The lowest BCUT2D eigenvalue weighted by molar-refractivity contribution is -0.122. The van der Waals surface area contributed by atoms with Gasteiger partial charge in [-0.1, -0.05) is 38.2 Å². The van der Waals surface area contributed by atoms with Crippen molar-refractivity contribution >= 4 is 29.5 Å². The van der Waals surface area contributed by atoms with Gasteiger partial charge in [-0.15, -0.1) is 0 Å². The molecule has 2 bridgehead atoms. The van der Waals surface area contributed by atoms with Gasteiger partial charge >= 0.3 is 6.09 Å². The summed E-state index contributed by atoms with van der Waals surface area (Å²) in [5.74, 6) is -3.17. The van der Waals surface area contributed by atoms with Crippen LogP contribution in [0.15, 0.2) is 58.5 Å². The minimum atomic E-state index is -1.02. The van der Waals surface area contributed by atoms with E-state index in [-0.39, 0.29) is 41.3 Å². The number of aliphatic hydroxyl groups is 1. The molecule has 230 valence electrons. The molecular weight excluding hydrogens is 546 g/mol. The zero-order valence-corrected chi connectivity index (χ0v) is 25.1. The molecular formula is C30H41N3O9. The predicted molar refractivity (Wildman–Crippen MR) is 153 cm³/mol. The number of ketones is 2. The van der Waals surface area contributed by atoms with Crippen LogP contribution in [0.5, 0.6) is 0 Å². The number of Topliss-reactive ketones (excluding diaryl/α,β-unsaturated/α-hetero) is 1. The molecule has 0 radical (unpaired) electrons. The summed E-state index contributed by atoms with van der Waals surface area (Å²) >= 11 is 0.